The van der Waals surface area contributed by atoms with Crippen molar-refractivity contribution in [1.82, 2.24) is 0 Å². The van der Waals surface area contributed by atoms with E-state index < -0.39 is 8.80 Å². The van der Waals surface area contributed by atoms with Gasteiger partial charge in [-0.25, -0.2) is 0 Å². The van der Waals surface area contributed by atoms with Crippen molar-refractivity contribution in [1.29, 1.82) is 0 Å². The van der Waals surface area contributed by atoms with Crippen LogP contribution in [0.3, 0.4) is 0 Å². The molecule has 1 saturated heterocycles. The molecule has 1 rings (SSSR count). The Morgan fingerprint density at radius 1 is 1.40 bits per heavy atom. The van der Waals surface area contributed by atoms with Crippen LogP contribution in [0.15, 0.2) is 0 Å². The molecule has 56 valence electrons. The second-order valence-corrected chi connectivity index (χ2v) is 6.70. The van der Waals surface area contributed by atoms with Gasteiger partial charge in [-0.3, -0.25) is 0 Å². The van der Waals surface area contributed by atoms with Gasteiger partial charge in [0, 0.05) is 11.7 Å². The molecule has 1 unspecified atom stereocenters. The molecule has 1 atom stereocenters. The molecule has 1 aliphatic rings. The number of hydrogen-bond acceptors (Lipinski definition) is 1. The molecule has 0 spiro atoms. The fourth-order valence-electron chi connectivity index (χ4n) is 1.29. The monoisotopic (exact) mass is 154 g/mol. The van der Waals surface area contributed by atoms with Crippen LogP contribution in [-0.2, 0) is 4.74 Å². The second kappa shape index (κ2) is 3.10. The topological polar surface area (TPSA) is 9.23 Å². The molecule has 0 aromatic carbocycles. The average molecular weight is 154 g/mol. The Balaban J connectivity index is 2.48. The molecule has 10 heavy (non-hydrogen) atoms. The molecule has 0 bridgehead atoms. The van der Waals surface area contributed by atoms with Crippen LogP contribution in [0.5, 0.6) is 0 Å². The van der Waals surface area contributed by atoms with Crippen LogP contribution < -0.4 is 0 Å². The summed E-state index contributed by atoms with van der Waals surface area (Å²) in [5, 5.41) is -0.182. The lowest BCUT2D eigenvalue weighted by molar-refractivity contribution is 0.0336. The highest BCUT2D eigenvalue weighted by molar-refractivity contribution is 6.67. The molecule has 0 amide bonds. The van der Waals surface area contributed by atoms with E-state index in [1.54, 1.807) is 0 Å². The van der Waals surface area contributed by atoms with Crippen LogP contribution in [0, 0.1) is 0 Å². The standard InChI is InChI=1S/C7H15BOSi/c1-10(2)7(8)5-3-4-6-9-7/h10H,3-6H2,1-2H3. The first-order valence-corrected chi connectivity index (χ1v) is 6.97. The van der Waals surface area contributed by atoms with E-state index in [0.29, 0.717) is 0 Å². The van der Waals surface area contributed by atoms with Crippen molar-refractivity contribution in [3.63, 3.8) is 0 Å². The maximum atomic E-state index is 6.04. The van der Waals surface area contributed by atoms with Crippen LogP contribution in [0.2, 0.25) is 13.1 Å². The largest absolute Gasteiger partial charge is 0.388 e. The normalized spacial score (nSPS) is 34.7. The summed E-state index contributed by atoms with van der Waals surface area (Å²) in [7, 11) is 5.23. The SMILES string of the molecule is [B]C1([SiH](C)C)CCCCO1. The van der Waals surface area contributed by atoms with E-state index in [1.165, 1.54) is 12.8 Å². The van der Waals surface area contributed by atoms with Gasteiger partial charge in [0.1, 0.15) is 7.85 Å². The highest BCUT2D eigenvalue weighted by atomic mass is 28.3. The smallest absolute Gasteiger partial charge is 0.108 e. The summed E-state index contributed by atoms with van der Waals surface area (Å²) in [6, 6.07) is 0. The molecule has 3 heteroatoms. The zero-order valence-corrected chi connectivity index (χ0v) is 8.05. The van der Waals surface area contributed by atoms with Gasteiger partial charge < -0.3 is 4.74 Å². The highest BCUT2D eigenvalue weighted by Gasteiger charge is 2.30. The van der Waals surface area contributed by atoms with Crippen molar-refractivity contribution in [2.24, 2.45) is 0 Å². The van der Waals surface area contributed by atoms with Crippen molar-refractivity contribution in [2.45, 2.75) is 37.5 Å². The van der Waals surface area contributed by atoms with Crippen LogP contribution in [-0.4, -0.2) is 28.4 Å². The van der Waals surface area contributed by atoms with Crippen molar-refractivity contribution in [2.75, 3.05) is 6.61 Å². The first-order chi connectivity index (χ1) is 4.65. The molecule has 0 saturated carbocycles. The molecule has 1 fully saturated rings. The Hall–Kier alpha value is 0.242. The summed E-state index contributed by atoms with van der Waals surface area (Å²) in [4.78, 5) is 0. The van der Waals surface area contributed by atoms with E-state index in [1.807, 2.05) is 0 Å². The third-order valence-electron chi connectivity index (χ3n) is 2.31. The van der Waals surface area contributed by atoms with Gasteiger partial charge >= 0.3 is 0 Å². The zero-order chi connectivity index (χ0) is 7.61. The lowest BCUT2D eigenvalue weighted by Gasteiger charge is -2.37. The van der Waals surface area contributed by atoms with E-state index in [4.69, 9.17) is 12.6 Å². The van der Waals surface area contributed by atoms with Crippen LogP contribution in [0.1, 0.15) is 19.3 Å². The Bertz CT molecular complexity index is 110. The van der Waals surface area contributed by atoms with Crippen LogP contribution in [0.4, 0.5) is 0 Å². The highest BCUT2D eigenvalue weighted by Crippen LogP contribution is 2.23. The quantitative estimate of drug-likeness (QED) is 0.513. The second-order valence-electron chi connectivity index (χ2n) is 3.42. The molecule has 1 heterocycles. The molecular weight excluding hydrogens is 139 g/mol. The Morgan fingerprint density at radius 3 is 2.40 bits per heavy atom. The Labute approximate surface area is 66.2 Å². The molecule has 0 aromatic rings. The Morgan fingerprint density at radius 2 is 2.10 bits per heavy atom. The molecular formula is C7H15BOSi. The van der Waals surface area contributed by atoms with Gasteiger partial charge in [-0.15, -0.1) is 0 Å². The van der Waals surface area contributed by atoms with Crippen molar-refractivity contribution in [3.8, 4) is 0 Å². The minimum Gasteiger partial charge on any atom is -0.388 e. The van der Waals surface area contributed by atoms with Crippen molar-refractivity contribution in [3.05, 3.63) is 0 Å². The van der Waals surface area contributed by atoms with E-state index in [9.17, 15) is 0 Å². The van der Waals surface area contributed by atoms with Crippen molar-refractivity contribution < 1.29 is 4.74 Å². The minimum absolute atomic E-state index is 0.182. The average Bonchev–Trinajstić information content (AvgIpc) is 1.89. The van der Waals surface area contributed by atoms with Crippen molar-refractivity contribution >= 4 is 16.6 Å². The van der Waals surface area contributed by atoms with Gasteiger partial charge in [0.15, 0.2) is 0 Å². The molecule has 2 radical (unpaired) electrons. The lowest BCUT2D eigenvalue weighted by Crippen LogP contribution is -2.47. The predicted octanol–water partition coefficient (Wildman–Crippen LogP) is 1.08. The van der Waals surface area contributed by atoms with Gasteiger partial charge in [-0.2, -0.15) is 0 Å². The predicted molar refractivity (Wildman–Crippen MR) is 47.2 cm³/mol. The first kappa shape index (κ1) is 8.34. The summed E-state index contributed by atoms with van der Waals surface area (Å²) in [5.74, 6) is 0. The fraction of sp³-hybridized carbons (Fsp3) is 1.00. The summed E-state index contributed by atoms with van der Waals surface area (Å²) < 4.78 is 5.57. The zero-order valence-electron chi connectivity index (χ0n) is 6.89. The molecule has 0 N–H and O–H groups in total. The number of rotatable bonds is 1. The summed E-state index contributed by atoms with van der Waals surface area (Å²) >= 11 is 0. The number of ether oxygens (including phenoxy) is 1. The van der Waals surface area contributed by atoms with Crippen LogP contribution in [0.25, 0.3) is 0 Å². The van der Waals surface area contributed by atoms with E-state index >= 15 is 0 Å². The first-order valence-electron chi connectivity index (χ1n) is 4.08. The Kier molecular flexibility index (Phi) is 2.58. The molecule has 1 aliphatic heterocycles. The summed E-state index contributed by atoms with van der Waals surface area (Å²) in [6.07, 6.45) is 3.53. The van der Waals surface area contributed by atoms with Crippen LogP contribution >= 0.6 is 0 Å². The van der Waals surface area contributed by atoms with Gasteiger partial charge in [-0.05, 0) is 19.3 Å². The maximum Gasteiger partial charge on any atom is 0.108 e. The third kappa shape index (κ3) is 1.64. The molecule has 0 aliphatic carbocycles. The maximum absolute atomic E-state index is 6.04. The van der Waals surface area contributed by atoms with Gasteiger partial charge in [0.25, 0.3) is 0 Å². The fourth-order valence-corrected chi connectivity index (χ4v) is 2.53. The molecule has 0 aromatic heterocycles. The lowest BCUT2D eigenvalue weighted by atomic mass is 9.91. The summed E-state index contributed by atoms with van der Waals surface area (Å²) in [5.41, 5.74) is 0. The molecule has 1 nitrogen and oxygen atoms in total. The van der Waals surface area contributed by atoms with E-state index in [0.717, 1.165) is 13.0 Å². The number of hydrogen-bond donors (Lipinski definition) is 0. The third-order valence-corrected chi connectivity index (χ3v) is 4.72. The van der Waals surface area contributed by atoms with Gasteiger partial charge in [0.05, 0.1) is 8.80 Å². The van der Waals surface area contributed by atoms with E-state index in [-0.39, 0.29) is 5.12 Å². The van der Waals surface area contributed by atoms with Gasteiger partial charge in [0.2, 0.25) is 0 Å². The van der Waals surface area contributed by atoms with Gasteiger partial charge in [-0.1, -0.05) is 13.1 Å². The minimum atomic E-state index is -0.811. The van der Waals surface area contributed by atoms with E-state index in [2.05, 4.69) is 13.1 Å². The summed E-state index contributed by atoms with van der Waals surface area (Å²) in [6.45, 7) is 5.39.